The molecule has 8 N–H and O–H groups in total. The fourth-order valence-electron chi connectivity index (χ4n) is 4.01. The Kier molecular flexibility index (Phi) is 14.4. The van der Waals surface area contributed by atoms with E-state index in [4.69, 9.17) is 11.5 Å². The van der Waals surface area contributed by atoms with Crippen LogP contribution in [0.3, 0.4) is 0 Å². The third kappa shape index (κ3) is 11.2. The number of carboxylic acids is 1. The monoisotopic (exact) mass is 631 g/mol. The van der Waals surface area contributed by atoms with Gasteiger partial charge in [-0.1, -0.05) is 24.3 Å². The number of hydrogen-bond donors (Lipinski definition) is 6. The molecule has 0 aliphatic heterocycles. The first kappa shape index (κ1) is 35.0. The molecule has 0 fully saturated rings. The van der Waals surface area contributed by atoms with Crippen molar-refractivity contribution >= 4 is 64.8 Å². The first-order valence-electron chi connectivity index (χ1n) is 13.2. The van der Waals surface area contributed by atoms with Gasteiger partial charge in [0.15, 0.2) is 5.96 Å². The zero-order valence-electron chi connectivity index (χ0n) is 24.2. The molecule has 0 aromatic heterocycles. The molecule has 0 saturated carbocycles. The molecular formula is C28H37N7O6S2. The minimum Gasteiger partial charge on any atom is -0.480 e. The van der Waals surface area contributed by atoms with E-state index in [1.165, 1.54) is 35.5 Å². The number of aliphatic carboxylic acids is 1. The van der Waals surface area contributed by atoms with Crippen molar-refractivity contribution in [2.24, 2.45) is 16.5 Å². The Hall–Kier alpha value is -4.24. The van der Waals surface area contributed by atoms with Crippen molar-refractivity contribution in [2.45, 2.75) is 41.1 Å². The van der Waals surface area contributed by atoms with E-state index in [9.17, 15) is 29.1 Å². The molecule has 4 amide bonds. The van der Waals surface area contributed by atoms with Gasteiger partial charge >= 0.3 is 5.97 Å². The average Bonchev–Trinajstić information content (AvgIpc) is 2.98. The van der Waals surface area contributed by atoms with Crippen molar-refractivity contribution in [1.29, 1.82) is 0 Å². The van der Waals surface area contributed by atoms with Crippen LogP contribution in [-0.4, -0.2) is 90.3 Å². The molecule has 43 heavy (non-hydrogen) atoms. The highest BCUT2D eigenvalue weighted by molar-refractivity contribution is 7.99. The topological polar surface area (TPSA) is 209 Å². The molecule has 0 heterocycles. The van der Waals surface area contributed by atoms with Crippen LogP contribution < -0.4 is 27.4 Å². The van der Waals surface area contributed by atoms with Gasteiger partial charge in [0.25, 0.3) is 5.91 Å². The van der Waals surface area contributed by atoms with Crippen molar-refractivity contribution < 1.29 is 29.1 Å². The molecule has 0 aliphatic rings. The molecule has 2 atom stereocenters. The van der Waals surface area contributed by atoms with Gasteiger partial charge in [-0.05, 0) is 49.6 Å². The number of para-hydroxylation sites is 1. The SMILES string of the molecule is CSc1ccccc1NC(=O)C[C@@H](NC(=O)CNC(=O)[C@H](CCCN=C(N)N)N(C)C(=O)c1ccccc1SC)C(=O)O. The molecule has 2 aromatic carbocycles. The van der Waals surface area contributed by atoms with Crippen LogP contribution >= 0.6 is 23.5 Å². The minimum atomic E-state index is -1.53. The summed E-state index contributed by atoms with van der Waals surface area (Å²) in [5, 5.41) is 17.0. The van der Waals surface area contributed by atoms with Crippen molar-refractivity contribution in [3.8, 4) is 0 Å². The second-order valence-electron chi connectivity index (χ2n) is 9.21. The number of benzene rings is 2. The maximum Gasteiger partial charge on any atom is 0.326 e. The number of carbonyl (C=O) groups excluding carboxylic acids is 4. The number of carboxylic acid groups (broad SMARTS) is 1. The fraction of sp³-hybridized carbons (Fsp3) is 0.357. The second-order valence-corrected chi connectivity index (χ2v) is 10.9. The summed E-state index contributed by atoms with van der Waals surface area (Å²) in [7, 11) is 1.48. The number of aliphatic imine (C=N–C) groups is 1. The summed E-state index contributed by atoms with van der Waals surface area (Å²) < 4.78 is 0. The van der Waals surface area contributed by atoms with Crippen LogP contribution in [0.1, 0.15) is 29.6 Å². The summed E-state index contributed by atoms with van der Waals surface area (Å²) in [5.41, 5.74) is 11.7. The summed E-state index contributed by atoms with van der Waals surface area (Å²) in [6.07, 6.45) is 3.69. The van der Waals surface area contributed by atoms with Crippen molar-refractivity contribution in [1.82, 2.24) is 15.5 Å². The van der Waals surface area contributed by atoms with Gasteiger partial charge in [0, 0.05) is 23.4 Å². The van der Waals surface area contributed by atoms with E-state index in [-0.39, 0.29) is 18.9 Å². The van der Waals surface area contributed by atoms with Crippen LogP contribution in [-0.2, 0) is 19.2 Å². The van der Waals surface area contributed by atoms with Crippen molar-refractivity contribution in [2.75, 3.05) is 38.0 Å². The number of nitrogens with two attached hydrogens (primary N) is 2. The molecule has 0 bridgehead atoms. The number of amides is 4. The van der Waals surface area contributed by atoms with E-state index in [1.807, 2.05) is 12.5 Å². The van der Waals surface area contributed by atoms with Gasteiger partial charge in [0.05, 0.1) is 24.2 Å². The smallest absolute Gasteiger partial charge is 0.326 e. The maximum absolute atomic E-state index is 13.3. The van der Waals surface area contributed by atoms with Gasteiger partial charge in [-0.15, -0.1) is 23.5 Å². The average molecular weight is 632 g/mol. The van der Waals surface area contributed by atoms with E-state index in [1.54, 1.807) is 48.5 Å². The second kappa shape index (κ2) is 17.7. The Bertz CT molecular complexity index is 1340. The van der Waals surface area contributed by atoms with Crippen LogP contribution in [0.4, 0.5) is 5.69 Å². The lowest BCUT2D eigenvalue weighted by Gasteiger charge is -2.28. The van der Waals surface area contributed by atoms with Gasteiger partial charge in [-0.25, -0.2) is 4.79 Å². The van der Waals surface area contributed by atoms with Crippen LogP contribution in [0.5, 0.6) is 0 Å². The lowest BCUT2D eigenvalue weighted by molar-refractivity contribution is -0.143. The minimum absolute atomic E-state index is 0.105. The Labute approximate surface area is 258 Å². The lowest BCUT2D eigenvalue weighted by Crippen LogP contribution is -2.51. The molecule has 2 aromatic rings. The molecule has 2 rings (SSSR count). The summed E-state index contributed by atoms with van der Waals surface area (Å²) in [6.45, 7) is -0.354. The third-order valence-electron chi connectivity index (χ3n) is 6.19. The number of nitrogens with zero attached hydrogens (tertiary/aromatic N) is 2. The lowest BCUT2D eigenvalue weighted by atomic mass is 10.1. The van der Waals surface area contributed by atoms with E-state index >= 15 is 0 Å². The molecule has 0 aliphatic carbocycles. The zero-order chi connectivity index (χ0) is 31.9. The first-order valence-corrected chi connectivity index (χ1v) is 15.6. The highest BCUT2D eigenvalue weighted by atomic mass is 32.2. The Morgan fingerprint density at radius 1 is 0.953 bits per heavy atom. The standard InChI is InChI=1S/C28H37N7O6S2/c1-35(26(39)17-9-4-6-12-21(17)42-2)20(11-8-14-31-28(29)30)25(38)32-16-24(37)34-19(27(40)41)15-23(36)33-18-10-5-7-13-22(18)43-3/h4-7,9-10,12-13,19-20H,8,11,14-16H2,1-3H3,(H,32,38)(H,33,36)(H,34,37)(H,40,41)(H4,29,30,31)/t19-,20+/m1/s1. The summed E-state index contributed by atoms with van der Waals surface area (Å²) in [4.78, 5) is 70.2. The van der Waals surface area contributed by atoms with Gasteiger partial charge in [-0.2, -0.15) is 0 Å². The predicted octanol–water partition coefficient (Wildman–Crippen LogP) is 1.34. The molecule has 0 radical (unpaired) electrons. The van der Waals surface area contributed by atoms with Crippen LogP contribution in [0.15, 0.2) is 63.3 Å². The normalized spacial score (nSPS) is 11.9. The predicted molar refractivity (Wildman–Crippen MR) is 168 cm³/mol. The van der Waals surface area contributed by atoms with Crippen LogP contribution in [0.25, 0.3) is 0 Å². The summed E-state index contributed by atoms with van der Waals surface area (Å²) in [6, 6.07) is 11.5. The van der Waals surface area contributed by atoms with Gasteiger partial charge in [-0.3, -0.25) is 24.2 Å². The van der Waals surface area contributed by atoms with Crippen molar-refractivity contribution in [3.63, 3.8) is 0 Å². The largest absolute Gasteiger partial charge is 0.480 e. The molecule has 232 valence electrons. The van der Waals surface area contributed by atoms with E-state index in [0.29, 0.717) is 17.7 Å². The number of rotatable bonds is 16. The molecule has 13 nitrogen and oxygen atoms in total. The van der Waals surface area contributed by atoms with Gasteiger partial charge < -0.3 is 37.4 Å². The summed E-state index contributed by atoms with van der Waals surface area (Å²) in [5.74, 6) is -3.97. The number of guanidine groups is 1. The Morgan fingerprint density at radius 3 is 2.21 bits per heavy atom. The number of anilines is 1. The van der Waals surface area contributed by atoms with Crippen LogP contribution in [0.2, 0.25) is 0 Å². The van der Waals surface area contributed by atoms with E-state index in [2.05, 4.69) is 20.9 Å². The highest BCUT2D eigenvalue weighted by Gasteiger charge is 2.29. The Morgan fingerprint density at radius 2 is 1.58 bits per heavy atom. The quantitative estimate of drug-likeness (QED) is 0.0678. The zero-order valence-corrected chi connectivity index (χ0v) is 25.8. The number of carbonyl (C=O) groups is 5. The molecule has 15 heteroatoms. The fourth-order valence-corrected chi connectivity index (χ4v) is 5.16. The number of hydrogen-bond acceptors (Lipinski definition) is 8. The molecular weight excluding hydrogens is 594 g/mol. The molecule has 0 spiro atoms. The Balaban J connectivity index is 2.07. The molecule has 0 unspecified atom stereocenters. The maximum atomic E-state index is 13.3. The number of nitrogens with one attached hydrogen (secondary N) is 3. The number of likely N-dealkylation sites (N-methyl/N-ethyl adjacent to an activating group) is 1. The highest BCUT2D eigenvalue weighted by Crippen LogP contribution is 2.25. The third-order valence-corrected chi connectivity index (χ3v) is 7.78. The number of thioether (sulfide) groups is 2. The first-order chi connectivity index (χ1) is 20.5. The van der Waals surface area contributed by atoms with Gasteiger partial charge in [0.2, 0.25) is 17.7 Å². The van der Waals surface area contributed by atoms with Crippen molar-refractivity contribution in [3.05, 3.63) is 54.1 Å². The van der Waals surface area contributed by atoms with Crippen LogP contribution in [0, 0.1) is 0 Å². The molecule has 0 saturated heterocycles. The van der Waals surface area contributed by atoms with E-state index in [0.717, 1.165) is 9.79 Å². The van der Waals surface area contributed by atoms with Gasteiger partial charge in [0.1, 0.15) is 12.1 Å². The summed E-state index contributed by atoms with van der Waals surface area (Å²) >= 11 is 2.80. The van der Waals surface area contributed by atoms with E-state index < -0.39 is 54.6 Å².